The van der Waals surface area contributed by atoms with Crippen LogP contribution in [0.5, 0.6) is 5.75 Å². The number of hydrazine groups is 1. The van der Waals surface area contributed by atoms with Crippen LogP contribution < -0.4 is 15.5 Å². The molecular weight excluding hydrogens is 354 g/mol. The van der Waals surface area contributed by atoms with E-state index in [1.165, 1.54) is 5.01 Å². The molecule has 2 N–H and O–H groups in total. The van der Waals surface area contributed by atoms with Crippen LogP contribution in [0.1, 0.15) is 29.3 Å². The van der Waals surface area contributed by atoms with Gasteiger partial charge in [-0.2, -0.15) is 0 Å². The predicted octanol–water partition coefficient (Wildman–Crippen LogP) is 3.36. The monoisotopic (exact) mass is 373 g/mol. The van der Waals surface area contributed by atoms with Crippen molar-refractivity contribution < 1.29 is 14.3 Å². The zero-order chi connectivity index (χ0) is 18.7. The average Bonchev–Trinajstić information content (AvgIpc) is 2.63. The highest BCUT2D eigenvalue weighted by atomic mass is 35.5. The quantitative estimate of drug-likeness (QED) is 0.843. The van der Waals surface area contributed by atoms with Crippen LogP contribution in [0.3, 0.4) is 0 Å². The summed E-state index contributed by atoms with van der Waals surface area (Å²) in [7, 11) is 0. The van der Waals surface area contributed by atoms with Crippen molar-refractivity contribution in [2.45, 2.75) is 26.4 Å². The van der Waals surface area contributed by atoms with Crippen LogP contribution in [-0.4, -0.2) is 29.6 Å². The number of carbonyl (C=O) groups is 2. The first-order valence-electron chi connectivity index (χ1n) is 8.37. The van der Waals surface area contributed by atoms with Crippen molar-refractivity contribution in [2.75, 3.05) is 11.9 Å². The zero-order valence-corrected chi connectivity index (χ0v) is 15.3. The van der Waals surface area contributed by atoms with E-state index in [-0.39, 0.29) is 18.7 Å². The van der Waals surface area contributed by atoms with E-state index in [4.69, 9.17) is 16.3 Å². The summed E-state index contributed by atoms with van der Waals surface area (Å²) < 4.78 is 5.54. The summed E-state index contributed by atoms with van der Waals surface area (Å²) in [6.45, 7) is 3.64. The standard InChI is InChI=1S/C19H20ClN3O3/c1-3-17-21-15-9-8-13(20)10-14(15)19(25)23(17)22-18(24)11-26-16-7-5-4-6-12(16)2/h4-10,17,21H,3,11H2,1-2H3,(H,22,24). The molecule has 1 unspecified atom stereocenters. The first-order valence-corrected chi connectivity index (χ1v) is 8.75. The first kappa shape index (κ1) is 18.1. The molecule has 1 atom stereocenters. The number of ether oxygens (including phenoxy) is 1. The summed E-state index contributed by atoms with van der Waals surface area (Å²) in [6, 6.07) is 12.5. The molecule has 0 saturated heterocycles. The van der Waals surface area contributed by atoms with E-state index in [0.717, 1.165) is 5.56 Å². The van der Waals surface area contributed by atoms with E-state index in [1.807, 2.05) is 32.0 Å². The molecule has 2 amide bonds. The molecule has 6 nitrogen and oxygen atoms in total. The van der Waals surface area contributed by atoms with Gasteiger partial charge in [0, 0.05) is 10.7 Å². The molecule has 0 bridgehead atoms. The lowest BCUT2D eigenvalue weighted by Gasteiger charge is -2.37. The lowest BCUT2D eigenvalue weighted by Crippen LogP contribution is -2.57. The van der Waals surface area contributed by atoms with Gasteiger partial charge in [-0.3, -0.25) is 15.0 Å². The maximum absolute atomic E-state index is 12.8. The molecule has 7 heteroatoms. The average molecular weight is 374 g/mol. The summed E-state index contributed by atoms with van der Waals surface area (Å²) in [5.41, 5.74) is 4.69. The lowest BCUT2D eigenvalue weighted by atomic mass is 10.1. The van der Waals surface area contributed by atoms with Gasteiger partial charge in [0.1, 0.15) is 11.9 Å². The largest absolute Gasteiger partial charge is 0.483 e. The van der Waals surface area contributed by atoms with Gasteiger partial charge in [-0.1, -0.05) is 36.7 Å². The Morgan fingerprint density at radius 3 is 2.81 bits per heavy atom. The smallest absolute Gasteiger partial charge is 0.276 e. The number of hydrogen-bond acceptors (Lipinski definition) is 4. The summed E-state index contributed by atoms with van der Waals surface area (Å²) in [5, 5.41) is 4.99. The van der Waals surface area contributed by atoms with Crippen molar-refractivity contribution in [3.8, 4) is 5.75 Å². The number of aryl methyl sites for hydroxylation is 1. The van der Waals surface area contributed by atoms with E-state index in [0.29, 0.717) is 28.4 Å². The summed E-state index contributed by atoms with van der Waals surface area (Å²) in [6.07, 6.45) is 0.269. The van der Waals surface area contributed by atoms with Gasteiger partial charge in [-0.15, -0.1) is 0 Å². The molecule has 0 spiro atoms. The maximum atomic E-state index is 12.8. The second-order valence-corrected chi connectivity index (χ2v) is 6.46. The molecule has 3 rings (SSSR count). The van der Waals surface area contributed by atoms with Crippen molar-refractivity contribution in [3.63, 3.8) is 0 Å². The number of fused-ring (bicyclic) bond motifs is 1. The van der Waals surface area contributed by atoms with Gasteiger partial charge < -0.3 is 10.1 Å². The Balaban J connectivity index is 1.70. The number of nitrogens with zero attached hydrogens (tertiary/aromatic N) is 1. The fourth-order valence-corrected chi connectivity index (χ4v) is 2.95. The van der Waals surface area contributed by atoms with Crippen molar-refractivity contribution >= 4 is 29.1 Å². The lowest BCUT2D eigenvalue weighted by molar-refractivity contribution is -0.127. The topological polar surface area (TPSA) is 70.7 Å². The van der Waals surface area contributed by atoms with Gasteiger partial charge in [-0.25, -0.2) is 5.01 Å². The predicted molar refractivity (Wildman–Crippen MR) is 100 cm³/mol. The van der Waals surface area contributed by atoms with Gasteiger partial charge >= 0.3 is 0 Å². The Kier molecular flexibility index (Phi) is 5.32. The fourth-order valence-electron chi connectivity index (χ4n) is 2.78. The molecule has 1 aliphatic heterocycles. The molecule has 0 fully saturated rings. The minimum atomic E-state index is -0.410. The van der Waals surface area contributed by atoms with Crippen LogP contribution >= 0.6 is 11.6 Å². The fraction of sp³-hybridized carbons (Fsp3) is 0.263. The normalized spacial score (nSPS) is 15.9. The van der Waals surface area contributed by atoms with Crippen LogP contribution in [0.25, 0.3) is 0 Å². The van der Waals surface area contributed by atoms with Crippen molar-refractivity contribution in [2.24, 2.45) is 0 Å². The van der Waals surface area contributed by atoms with Gasteiger partial charge in [0.2, 0.25) is 0 Å². The van der Waals surface area contributed by atoms with E-state index in [2.05, 4.69) is 10.7 Å². The number of hydrogen-bond donors (Lipinski definition) is 2. The second-order valence-electron chi connectivity index (χ2n) is 6.02. The van der Waals surface area contributed by atoms with E-state index >= 15 is 0 Å². The Labute approximate surface area is 157 Å². The number of halogens is 1. The van der Waals surface area contributed by atoms with Gasteiger partial charge in [0.05, 0.1) is 5.56 Å². The van der Waals surface area contributed by atoms with Gasteiger partial charge in [-0.05, 0) is 43.2 Å². The molecule has 0 aliphatic carbocycles. The van der Waals surface area contributed by atoms with Crippen LogP contribution in [0.15, 0.2) is 42.5 Å². The van der Waals surface area contributed by atoms with E-state index < -0.39 is 5.91 Å². The van der Waals surface area contributed by atoms with E-state index in [1.54, 1.807) is 24.3 Å². The number of rotatable bonds is 5. The number of anilines is 1. The minimum absolute atomic E-state index is 0.187. The Morgan fingerprint density at radius 2 is 2.08 bits per heavy atom. The number of benzene rings is 2. The second kappa shape index (κ2) is 7.66. The van der Waals surface area contributed by atoms with Gasteiger partial charge in [0.15, 0.2) is 6.61 Å². The zero-order valence-electron chi connectivity index (χ0n) is 14.6. The first-order chi connectivity index (χ1) is 12.5. The van der Waals surface area contributed by atoms with Crippen molar-refractivity contribution in [1.29, 1.82) is 0 Å². The van der Waals surface area contributed by atoms with Crippen LogP contribution in [0.4, 0.5) is 5.69 Å². The highest BCUT2D eigenvalue weighted by Gasteiger charge is 2.32. The third-order valence-corrected chi connectivity index (χ3v) is 4.38. The molecule has 0 aromatic heterocycles. The number of carbonyl (C=O) groups excluding carboxylic acids is 2. The summed E-state index contributed by atoms with van der Waals surface area (Å²) in [4.78, 5) is 25.1. The van der Waals surface area contributed by atoms with Crippen LogP contribution in [0, 0.1) is 6.92 Å². The van der Waals surface area contributed by atoms with Crippen LogP contribution in [-0.2, 0) is 4.79 Å². The molecule has 1 heterocycles. The van der Waals surface area contributed by atoms with Crippen molar-refractivity contribution in [1.82, 2.24) is 10.4 Å². The highest BCUT2D eigenvalue weighted by Crippen LogP contribution is 2.28. The molecule has 0 saturated carbocycles. The third-order valence-electron chi connectivity index (χ3n) is 4.15. The minimum Gasteiger partial charge on any atom is -0.483 e. The maximum Gasteiger partial charge on any atom is 0.276 e. The summed E-state index contributed by atoms with van der Waals surface area (Å²) >= 11 is 5.99. The Bertz CT molecular complexity index is 841. The SMILES string of the molecule is CCC1Nc2ccc(Cl)cc2C(=O)N1NC(=O)COc1ccccc1C. The van der Waals surface area contributed by atoms with Gasteiger partial charge in [0.25, 0.3) is 11.8 Å². The van der Waals surface area contributed by atoms with Crippen molar-refractivity contribution in [3.05, 3.63) is 58.6 Å². The molecule has 1 aliphatic rings. The number of nitrogens with one attached hydrogen (secondary N) is 2. The third kappa shape index (κ3) is 3.75. The molecule has 2 aromatic rings. The molecule has 0 radical (unpaired) electrons. The Hall–Kier alpha value is -2.73. The molecular formula is C19H20ClN3O3. The number of amides is 2. The van der Waals surface area contributed by atoms with Crippen LogP contribution in [0.2, 0.25) is 5.02 Å². The number of para-hydroxylation sites is 1. The van der Waals surface area contributed by atoms with E-state index in [9.17, 15) is 9.59 Å². The Morgan fingerprint density at radius 1 is 1.31 bits per heavy atom. The molecule has 26 heavy (non-hydrogen) atoms. The molecule has 2 aromatic carbocycles. The summed E-state index contributed by atoms with van der Waals surface area (Å²) in [5.74, 6) is -0.0837. The molecule has 136 valence electrons. The highest BCUT2D eigenvalue weighted by molar-refractivity contribution is 6.31.